The minimum absolute atomic E-state index is 0.0936. The Kier molecular flexibility index (Phi) is 2.87. The van der Waals surface area contributed by atoms with Gasteiger partial charge in [-0.1, -0.05) is 12.6 Å². The van der Waals surface area contributed by atoms with E-state index in [4.69, 9.17) is 12.6 Å². The average Bonchev–Trinajstić information content (AvgIpc) is 2.04. The number of hydrogen-bond donors (Lipinski definition) is 0. The van der Waals surface area contributed by atoms with Crippen molar-refractivity contribution in [3.63, 3.8) is 0 Å². The summed E-state index contributed by atoms with van der Waals surface area (Å²) >= 11 is 4.80. The molecule has 0 unspecified atom stereocenters. The number of pyridine rings is 1. The van der Waals surface area contributed by atoms with Crippen LogP contribution in [-0.4, -0.2) is 18.7 Å². The Morgan fingerprint density at radius 2 is 2.00 bits per heavy atom. The lowest BCUT2D eigenvalue weighted by molar-refractivity contribution is 0.583. The summed E-state index contributed by atoms with van der Waals surface area (Å²) in [6.45, 7) is 3.25. The Labute approximate surface area is 83.5 Å². The van der Waals surface area contributed by atoms with Crippen molar-refractivity contribution >= 4 is 22.5 Å². The standard InChI is InChI=1S/C8H10NO2S2/c1-6(2)13(10,11)8-4-3-7(12)5-9-8/h3-6H,1-2H3. The van der Waals surface area contributed by atoms with Gasteiger partial charge in [-0.2, -0.15) is 0 Å². The van der Waals surface area contributed by atoms with Gasteiger partial charge in [0.2, 0.25) is 0 Å². The second kappa shape index (κ2) is 3.59. The summed E-state index contributed by atoms with van der Waals surface area (Å²) in [5.41, 5.74) is 0. The molecule has 0 spiro atoms. The highest BCUT2D eigenvalue weighted by molar-refractivity contribution is 7.91. The number of sulfone groups is 1. The SMILES string of the molecule is CC(C)S(=O)(=O)c1ccc([S])cn1. The van der Waals surface area contributed by atoms with Gasteiger partial charge >= 0.3 is 0 Å². The first kappa shape index (κ1) is 10.4. The van der Waals surface area contributed by atoms with Crippen molar-refractivity contribution in [3.8, 4) is 0 Å². The molecule has 0 saturated heterocycles. The normalized spacial score (nSPS) is 11.9. The van der Waals surface area contributed by atoms with Gasteiger partial charge in [0.1, 0.15) is 0 Å². The monoisotopic (exact) mass is 216 g/mol. The molecule has 0 aliphatic heterocycles. The third kappa shape index (κ3) is 2.16. The minimum atomic E-state index is -3.25. The van der Waals surface area contributed by atoms with Crippen LogP contribution >= 0.6 is 12.6 Å². The number of rotatable bonds is 2. The fourth-order valence-corrected chi connectivity index (χ4v) is 1.84. The van der Waals surface area contributed by atoms with Gasteiger partial charge in [0.05, 0.1) is 10.1 Å². The topological polar surface area (TPSA) is 47.0 Å². The summed E-state index contributed by atoms with van der Waals surface area (Å²) < 4.78 is 23.1. The van der Waals surface area contributed by atoms with Crippen LogP contribution in [0.1, 0.15) is 13.8 Å². The third-order valence-electron chi connectivity index (χ3n) is 1.62. The van der Waals surface area contributed by atoms with Crippen molar-refractivity contribution in [1.29, 1.82) is 0 Å². The maximum atomic E-state index is 11.5. The summed E-state index contributed by atoms with van der Waals surface area (Å²) in [7, 11) is -3.25. The van der Waals surface area contributed by atoms with Gasteiger partial charge < -0.3 is 0 Å². The van der Waals surface area contributed by atoms with E-state index in [9.17, 15) is 8.42 Å². The van der Waals surface area contributed by atoms with E-state index in [-0.39, 0.29) is 5.03 Å². The van der Waals surface area contributed by atoms with E-state index < -0.39 is 15.1 Å². The summed E-state index contributed by atoms with van der Waals surface area (Å²) in [6, 6.07) is 3.01. The molecule has 0 bridgehead atoms. The summed E-state index contributed by atoms with van der Waals surface area (Å²) in [5.74, 6) is 0. The molecule has 0 aliphatic carbocycles. The predicted molar refractivity (Wildman–Crippen MR) is 52.4 cm³/mol. The van der Waals surface area contributed by atoms with E-state index in [0.29, 0.717) is 4.90 Å². The molecule has 1 aromatic heterocycles. The van der Waals surface area contributed by atoms with Crippen LogP contribution in [0.15, 0.2) is 28.3 Å². The highest BCUT2D eigenvalue weighted by Crippen LogP contribution is 2.14. The fourth-order valence-electron chi connectivity index (χ4n) is 0.777. The van der Waals surface area contributed by atoms with E-state index in [1.807, 2.05) is 0 Å². The van der Waals surface area contributed by atoms with Gasteiger partial charge in [-0.25, -0.2) is 13.4 Å². The minimum Gasteiger partial charge on any atom is -0.243 e. The van der Waals surface area contributed by atoms with Crippen molar-refractivity contribution < 1.29 is 8.42 Å². The molecule has 5 heteroatoms. The van der Waals surface area contributed by atoms with Gasteiger partial charge in [0, 0.05) is 6.20 Å². The van der Waals surface area contributed by atoms with E-state index in [2.05, 4.69) is 4.98 Å². The van der Waals surface area contributed by atoms with E-state index in [1.165, 1.54) is 12.3 Å². The van der Waals surface area contributed by atoms with Crippen LogP contribution in [0.5, 0.6) is 0 Å². The Morgan fingerprint density at radius 3 is 2.38 bits per heavy atom. The lowest BCUT2D eigenvalue weighted by Gasteiger charge is -2.05. The molecule has 71 valence electrons. The van der Waals surface area contributed by atoms with Gasteiger partial charge in [0.25, 0.3) is 0 Å². The van der Waals surface area contributed by atoms with E-state index in [1.54, 1.807) is 19.9 Å². The van der Waals surface area contributed by atoms with Crippen molar-refractivity contribution in [1.82, 2.24) is 4.98 Å². The highest BCUT2D eigenvalue weighted by atomic mass is 32.2. The molecule has 1 rings (SSSR count). The van der Waals surface area contributed by atoms with E-state index in [0.717, 1.165) is 0 Å². The molecule has 13 heavy (non-hydrogen) atoms. The smallest absolute Gasteiger partial charge is 0.197 e. The number of nitrogens with zero attached hydrogens (tertiary/aromatic N) is 1. The van der Waals surface area contributed by atoms with Gasteiger partial charge in [0.15, 0.2) is 14.9 Å². The van der Waals surface area contributed by atoms with Crippen LogP contribution < -0.4 is 0 Å². The molecule has 0 amide bonds. The molecule has 0 aliphatic rings. The zero-order valence-electron chi connectivity index (χ0n) is 7.39. The lowest BCUT2D eigenvalue weighted by atomic mass is 10.5. The molecule has 0 N–H and O–H groups in total. The molecule has 0 atom stereocenters. The van der Waals surface area contributed by atoms with Gasteiger partial charge in [-0.3, -0.25) is 0 Å². The molecule has 0 aromatic carbocycles. The Morgan fingerprint density at radius 1 is 1.38 bits per heavy atom. The van der Waals surface area contributed by atoms with Crippen molar-refractivity contribution in [2.45, 2.75) is 29.0 Å². The second-order valence-electron chi connectivity index (χ2n) is 2.93. The molecule has 1 radical (unpaired) electrons. The van der Waals surface area contributed by atoms with E-state index >= 15 is 0 Å². The second-order valence-corrected chi connectivity index (χ2v) is 5.85. The van der Waals surface area contributed by atoms with Crippen molar-refractivity contribution in [2.75, 3.05) is 0 Å². The highest BCUT2D eigenvalue weighted by Gasteiger charge is 2.19. The third-order valence-corrected chi connectivity index (χ3v) is 3.93. The predicted octanol–water partition coefficient (Wildman–Crippen LogP) is 1.82. The first-order chi connectivity index (χ1) is 5.94. The van der Waals surface area contributed by atoms with Crippen LogP contribution in [-0.2, 0) is 9.84 Å². The van der Waals surface area contributed by atoms with Crippen molar-refractivity contribution in [2.24, 2.45) is 0 Å². The number of aromatic nitrogens is 1. The summed E-state index contributed by atoms with van der Waals surface area (Å²) in [4.78, 5) is 4.32. The zero-order chi connectivity index (χ0) is 10.1. The Bertz CT molecular complexity index is 381. The van der Waals surface area contributed by atoms with Crippen LogP contribution in [0.4, 0.5) is 0 Å². The Hall–Kier alpha value is -0.680. The number of hydrogen-bond acceptors (Lipinski definition) is 3. The summed E-state index contributed by atoms with van der Waals surface area (Å²) in [5, 5.41) is -0.355. The molecule has 1 heterocycles. The zero-order valence-corrected chi connectivity index (χ0v) is 9.02. The maximum absolute atomic E-state index is 11.5. The molecule has 0 saturated carbocycles. The van der Waals surface area contributed by atoms with Gasteiger partial charge in [-0.15, -0.1) is 0 Å². The van der Waals surface area contributed by atoms with Crippen molar-refractivity contribution in [3.05, 3.63) is 18.3 Å². The van der Waals surface area contributed by atoms with Crippen LogP contribution in [0.2, 0.25) is 0 Å². The first-order valence-electron chi connectivity index (χ1n) is 3.81. The molecule has 0 fully saturated rings. The van der Waals surface area contributed by atoms with Crippen LogP contribution in [0.25, 0.3) is 0 Å². The quantitative estimate of drug-likeness (QED) is 0.757. The largest absolute Gasteiger partial charge is 0.243 e. The van der Waals surface area contributed by atoms with Crippen LogP contribution in [0, 0.1) is 0 Å². The maximum Gasteiger partial charge on any atom is 0.197 e. The molecule has 1 aromatic rings. The Balaban J connectivity index is 3.17. The average molecular weight is 216 g/mol. The first-order valence-corrected chi connectivity index (χ1v) is 5.77. The fraction of sp³-hybridized carbons (Fsp3) is 0.375. The lowest BCUT2D eigenvalue weighted by Crippen LogP contribution is -2.15. The van der Waals surface area contributed by atoms with Gasteiger partial charge in [-0.05, 0) is 26.0 Å². The molecular weight excluding hydrogens is 206 g/mol. The summed E-state index contributed by atoms with van der Waals surface area (Å²) in [6.07, 6.45) is 1.38. The molecule has 3 nitrogen and oxygen atoms in total. The van der Waals surface area contributed by atoms with Crippen LogP contribution in [0.3, 0.4) is 0 Å². The molecular formula is C8H10NO2S2.